The van der Waals surface area contributed by atoms with Crippen LogP contribution in [0.15, 0.2) is 30.3 Å². The number of carbonyl (C=O) groups excluding carboxylic acids is 1. The van der Waals surface area contributed by atoms with E-state index >= 15 is 0 Å². The Balaban J connectivity index is 1.89. The van der Waals surface area contributed by atoms with Gasteiger partial charge in [-0.3, -0.25) is 0 Å². The second kappa shape index (κ2) is 8.25. The van der Waals surface area contributed by atoms with Gasteiger partial charge < -0.3 is 14.4 Å². The topological polar surface area (TPSA) is 38.8 Å². The molecule has 1 aromatic rings. The molecule has 2 atom stereocenters. The highest BCUT2D eigenvalue weighted by Gasteiger charge is 2.36. The van der Waals surface area contributed by atoms with Gasteiger partial charge in [0.05, 0.1) is 25.9 Å². The van der Waals surface area contributed by atoms with Crippen LogP contribution in [0.5, 0.6) is 0 Å². The lowest BCUT2D eigenvalue weighted by Gasteiger charge is -2.22. The van der Waals surface area contributed by atoms with Crippen LogP contribution in [-0.4, -0.2) is 42.2 Å². The standard InChI is InChI=1S/C16H22ClNO3/c1-2-20-16(19)18-11-15(10-14(18)8-9-17)21-12-13-6-4-3-5-7-13/h3-7,14-15H,2,8-12H2,1H3/t14-,15-/m1/s1. The maximum atomic E-state index is 12.0. The fourth-order valence-corrected chi connectivity index (χ4v) is 2.86. The molecule has 1 amide bonds. The molecule has 0 radical (unpaired) electrons. The number of rotatable bonds is 6. The Morgan fingerprint density at radius 3 is 2.81 bits per heavy atom. The summed E-state index contributed by atoms with van der Waals surface area (Å²) in [5, 5.41) is 0. The van der Waals surface area contributed by atoms with Crippen LogP contribution in [0.3, 0.4) is 0 Å². The summed E-state index contributed by atoms with van der Waals surface area (Å²) in [6.07, 6.45) is 1.37. The predicted molar refractivity (Wildman–Crippen MR) is 82.5 cm³/mol. The zero-order valence-electron chi connectivity index (χ0n) is 12.3. The largest absolute Gasteiger partial charge is 0.450 e. The van der Waals surface area contributed by atoms with Gasteiger partial charge in [0.1, 0.15) is 0 Å². The summed E-state index contributed by atoms with van der Waals surface area (Å²) in [6.45, 7) is 3.34. The summed E-state index contributed by atoms with van der Waals surface area (Å²) in [6, 6.07) is 10.2. The van der Waals surface area contributed by atoms with Crippen molar-refractivity contribution in [3.8, 4) is 0 Å². The van der Waals surface area contributed by atoms with Crippen LogP contribution in [0.2, 0.25) is 0 Å². The first-order valence-electron chi connectivity index (χ1n) is 7.39. The van der Waals surface area contributed by atoms with E-state index in [2.05, 4.69) is 0 Å². The highest BCUT2D eigenvalue weighted by molar-refractivity contribution is 6.17. The molecule has 0 bridgehead atoms. The number of hydrogen-bond donors (Lipinski definition) is 0. The minimum absolute atomic E-state index is 0.0443. The van der Waals surface area contributed by atoms with Crippen LogP contribution < -0.4 is 0 Å². The highest BCUT2D eigenvalue weighted by atomic mass is 35.5. The molecule has 0 aliphatic carbocycles. The Labute approximate surface area is 131 Å². The van der Waals surface area contributed by atoms with Gasteiger partial charge in [-0.05, 0) is 25.3 Å². The summed E-state index contributed by atoms with van der Waals surface area (Å²) in [5.41, 5.74) is 1.14. The van der Waals surface area contributed by atoms with E-state index in [4.69, 9.17) is 21.1 Å². The molecule has 1 fully saturated rings. The van der Waals surface area contributed by atoms with Crippen molar-refractivity contribution in [3.63, 3.8) is 0 Å². The Kier molecular flexibility index (Phi) is 6.33. The van der Waals surface area contributed by atoms with Gasteiger partial charge in [-0.15, -0.1) is 11.6 Å². The molecule has 116 valence electrons. The maximum absolute atomic E-state index is 12.0. The van der Waals surface area contributed by atoms with Crippen LogP contribution in [-0.2, 0) is 16.1 Å². The van der Waals surface area contributed by atoms with Crippen LogP contribution in [0.1, 0.15) is 25.3 Å². The lowest BCUT2D eigenvalue weighted by molar-refractivity contribution is 0.0442. The van der Waals surface area contributed by atoms with E-state index in [1.54, 1.807) is 4.90 Å². The van der Waals surface area contributed by atoms with E-state index in [0.29, 0.717) is 25.6 Å². The van der Waals surface area contributed by atoms with Crippen molar-refractivity contribution in [1.82, 2.24) is 4.90 Å². The van der Waals surface area contributed by atoms with Crippen molar-refractivity contribution in [2.75, 3.05) is 19.0 Å². The molecule has 0 saturated carbocycles. The molecule has 1 saturated heterocycles. The van der Waals surface area contributed by atoms with Crippen LogP contribution in [0.4, 0.5) is 4.79 Å². The van der Waals surface area contributed by atoms with Crippen molar-refractivity contribution in [2.45, 2.75) is 38.5 Å². The highest BCUT2D eigenvalue weighted by Crippen LogP contribution is 2.25. The van der Waals surface area contributed by atoms with Gasteiger partial charge in [-0.25, -0.2) is 4.79 Å². The van der Waals surface area contributed by atoms with Gasteiger partial charge >= 0.3 is 6.09 Å². The van der Waals surface area contributed by atoms with Crippen molar-refractivity contribution >= 4 is 17.7 Å². The van der Waals surface area contributed by atoms with Crippen molar-refractivity contribution in [1.29, 1.82) is 0 Å². The first-order chi connectivity index (χ1) is 10.2. The minimum atomic E-state index is -0.265. The average molecular weight is 312 g/mol. The minimum Gasteiger partial charge on any atom is -0.450 e. The molecule has 0 unspecified atom stereocenters. The molecule has 21 heavy (non-hydrogen) atoms. The van der Waals surface area contributed by atoms with Gasteiger partial charge in [-0.2, -0.15) is 0 Å². The van der Waals surface area contributed by atoms with Crippen LogP contribution >= 0.6 is 11.6 Å². The SMILES string of the molecule is CCOC(=O)N1C[C@H](OCc2ccccc2)C[C@H]1CCCl. The molecule has 0 N–H and O–H groups in total. The van der Waals surface area contributed by atoms with Gasteiger partial charge in [0.15, 0.2) is 0 Å². The van der Waals surface area contributed by atoms with E-state index in [1.807, 2.05) is 37.3 Å². The normalized spacial score (nSPS) is 21.5. The smallest absolute Gasteiger partial charge is 0.410 e. The molecular weight excluding hydrogens is 290 g/mol. The average Bonchev–Trinajstić information content (AvgIpc) is 2.90. The fraction of sp³-hybridized carbons (Fsp3) is 0.562. The molecule has 1 aromatic carbocycles. The van der Waals surface area contributed by atoms with E-state index in [9.17, 15) is 4.79 Å². The number of halogens is 1. The fourth-order valence-electron chi connectivity index (χ4n) is 2.61. The Bertz CT molecular complexity index is 440. The summed E-state index contributed by atoms with van der Waals surface area (Å²) < 4.78 is 11.0. The zero-order valence-corrected chi connectivity index (χ0v) is 13.1. The van der Waals surface area contributed by atoms with Crippen LogP contribution in [0.25, 0.3) is 0 Å². The summed E-state index contributed by atoms with van der Waals surface area (Å²) in [7, 11) is 0. The molecule has 2 rings (SSSR count). The third-order valence-corrected chi connectivity index (χ3v) is 3.87. The maximum Gasteiger partial charge on any atom is 0.410 e. The molecule has 5 heteroatoms. The summed E-state index contributed by atoms with van der Waals surface area (Å²) >= 11 is 5.83. The number of nitrogens with zero attached hydrogens (tertiary/aromatic N) is 1. The second-order valence-corrected chi connectivity index (χ2v) is 5.52. The van der Waals surface area contributed by atoms with Gasteiger partial charge in [0.25, 0.3) is 0 Å². The molecule has 0 spiro atoms. The molecule has 1 heterocycles. The summed E-state index contributed by atoms with van der Waals surface area (Å²) in [4.78, 5) is 13.7. The first-order valence-corrected chi connectivity index (χ1v) is 7.93. The number of hydrogen-bond acceptors (Lipinski definition) is 3. The number of likely N-dealkylation sites (tertiary alicyclic amines) is 1. The molecule has 1 aliphatic rings. The van der Waals surface area contributed by atoms with Crippen molar-refractivity contribution in [3.05, 3.63) is 35.9 Å². The lowest BCUT2D eigenvalue weighted by atomic mass is 10.1. The summed E-state index contributed by atoms with van der Waals surface area (Å²) in [5.74, 6) is 0.534. The van der Waals surface area contributed by atoms with Gasteiger partial charge in [-0.1, -0.05) is 30.3 Å². The molecule has 4 nitrogen and oxygen atoms in total. The van der Waals surface area contributed by atoms with Crippen molar-refractivity contribution in [2.24, 2.45) is 0 Å². The Hall–Kier alpha value is -1.26. The van der Waals surface area contributed by atoms with E-state index in [0.717, 1.165) is 18.4 Å². The van der Waals surface area contributed by atoms with Crippen LogP contribution in [0, 0.1) is 0 Å². The third-order valence-electron chi connectivity index (χ3n) is 3.65. The van der Waals surface area contributed by atoms with E-state index < -0.39 is 0 Å². The number of ether oxygens (including phenoxy) is 2. The third kappa shape index (κ3) is 4.61. The van der Waals surface area contributed by atoms with Crippen molar-refractivity contribution < 1.29 is 14.3 Å². The molecular formula is C16H22ClNO3. The van der Waals surface area contributed by atoms with Gasteiger partial charge in [0.2, 0.25) is 0 Å². The van der Waals surface area contributed by atoms with E-state index in [-0.39, 0.29) is 18.2 Å². The van der Waals surface area contributed by atoms with E-state index in [1.165, 1.54) is 0 Å². The molecule has 1 aliphatic heterocycles. The number of amides is 1. The zero-order chi connectivity index (χ0) is 15.1. The second-order valence-electron chi connectivity index (χ2n) is 5.14. The number of benzene rings is 1. The Morgan fingerprint density at radius 2 is 2.14 bits per heavy atom. The quantitative estimate of drug-likeness (QED) is 0.756. The molecule has 0 aromatic heterocycles. The van der Waals surface area contributed by atoms with Gasteiger partial charge in [0, 0.05) is 11.9 Å². The Morgan fingerprint density at radius 1 is 1.38 bits per heavy atom. The first kappa shape index (κ1) is 16.1. The monoisotopic (exact) mass is 311 g/mol. The number of carbonyl (C=O) groups is 1. The predicted octanol–water partition coefficient (Wildman–Crippen LogP) is 3.43. The lowest BCUT2D eigenvalue weighted by Crippen LogP contribution is -2.36. The number of alkyl halides is 1.